The lowest BCUT2D eigenvalue weighted by molar-refractivity contribution is 0.0600. The summed E-state index contributed by atoms with van der Waals surface area (Å²) in [4.78, 5) is 15.5. The molecule has 2 rings (SSSR count). The SMILES string of the molecule is COC(=O)c1ccc(COc2ccc(C)nc2CO)cc1. The summed E-state index contributed by atoms with van der Waals surface area (Å²) in [7, 11) is 1.35. The molecule has 1 aromatic carbocycles. The number of ether oxygens (including phenoxy) is 2. The number of rotatable bonds is 5. The number of aliphatic hydroxyl groups is 1. The molecule has 0 unspecified atom stereocenters. The van der Waals surface area contributed by atoms with Crippen molar-refractivity contribution in [2.24, 2.45) is 0 Å². The van der Waals surface area contributed by atoms with E-state index in [4.69, 9.17) is 4.74 Å². The van der Waals surface area contributed by atoms with Gasteiger partial charge >= 0.3 is 5.97 Å². The second-order valence-electron chi connectivity index (χ2n) is 4.53. The van der Waals surface area contributed by atoms with E-state index in [1.165, 1.54) is 7.11 Å². The summed E-state index contributed by atoms with van der Waals surface area (Å²) >= 11 is 0. The van der Waals surface area contributed by atoms with Crippen molar-refractivity contribution in [3.8, 4) is 5.75 Å². The molecular weight excluding hydrogens is 270 g/mol. The molecule has 1 aromatic heterocycles. The summed E-state index contributed by atoms with van der Waals surface area (Å²) in [6.45, 7) is 2.02. The molecule has 0 radical (unpaired) electrons. The topological polar surface area (TPSA) is 68.7 Å². The number of pyridine rings is 1. The normalized spacial score (nSPS) is 10.2. The number of carbonyl (C=O) groups excluding carboxylic acids is 1. The number of aromatic nitrogens is 1. The lowest BCUT2D eigenvalue weighted by Gasteiger charge is -2.10. The average Bonchev–Trinajstić information content (AvgIpc) is 2.53. The summed E-state index contributed by atoms with van der Waals surface area (Å²) in [6, 6.07) is 10.6. The van der Waals surface area contributed by atoms with Gasteiger partial charge in [0, 0.05) is 5.69 Å². The minimum atomic E-state index is -0.368. The number of hydrogen-bond acceptors (Lipinski definition) is 5. The molecule has 0 spiro atoms. The zero-order chi connectivity index (χ0) is 15.2. The van der Waals surface area contributed by atoms with Crippen molar-refractivity contribution in [2.45, 2.75) is 20.1 Å². The van der Waals surface area contributed by atoms with Crippen molar-refractivity contribution in [1.29, 1.82) is 0 Å². The Labute approximate surface area is 123 Å². The van der Waals surface area contributed by atoms with Crippen LogP contribution in [0.2, 0.25) is 0 Å². The number of benzene rings is 1. The molecule has 0 aliphatic carbocycles. The Kier molecular flexibility index (Phi) is 4.90. The van der Waals surface area contributed by atoms with Gasteiger partial charge in [-0.2, -0.15) is 0 Å². The van der Waals surface area contributed by atoms with Crippen LogP contribution >= 0.6 is 0 Å². The third-order valence-corrected chi connectivity index (χ3v) is 2.99. The summed E-state index contributed by atoms with van der Waals surface area (Å²) in [6.07, 6.45) is 0. The summed E-state index contributed by atoms with van der Waals surface area (Å²) < 4.78 is 10.3. The fraction of sp³-hybridized carbons (Fsp3) is 0.250. The van der Waals surface area contributed by atoms with Gasteiger partial charge in [0.25, 0.3) is 0 Å². The van der Waals surface area contributed by atoms with Crippen LogP contribution < -0.4 is 4.74 Å². The van der Waals surface area contributed by atoms with Gasteiger partial charge in [-0.15, -0.1) is 0 Å². The molecule has 2 aromatic rings. The third-order valence-electron chi connectivity index (χ3n) is 2.99. The lowest BCUT2D eigenvalue weighted by atomic mass is 10.1. The Balaban J connectivity index is 2.05. The number of methoxy groups -OCH3 is 1. The molecule has 0 aliphatic heterocycles. The molecule has 5 heteroatoms. The van der Waals surface area contributed by atoms with E-state index in [9.17, 15) is 9.90 Å². The van der Waals surface area contributed by atoms with Gasteiger partial charge in [-0.05, 0) is 36.8 Å². The fourth-order valence-electron chi connectivity index (χ4n) is 1.86. The standard InChI is InChI=1S/C16H17NO4/c1-11-3-8-15(14(9-18)17-11)21-10-12-4-6-13(7-5-12)16(19)20-2/h3-8,18H,9-10H2,1-2H3. The van der Waals surface area contributed by atoms with Gasteiger partial charge in [-0.3, -0.25) is 4.98 Å². The van der Waals surface area contributed by atoms with Crippen LogP contribution in [0.1, 0.15) is 27.3 Å². The van der Waals surface area contributed by atoms with Crippen LogP contribution in [-0.4, -0.2) is 23.2 Å². The predicted molar refractivity (Wildman–Crippen MR) is 77.0 cm³/mol. The third kappa shape index (κ3) is 3.79. The number of aliphatic hydroxyl groups excluding tert-OH is 1. The molecule has 0 saturated carbocycles. The minimum absolute atomic E-state index is 0.168. The van der Waals surface area contributed by atoms with Crippen molar-refractivity contribution in [1.82, 2.24) is 4.98 Å². The van der Waals surface area contributed by atoms with E-state index < -0.39 is 0 Å². The zero-order valence-electron chi connectivity index (χ0n) is 12.0. The molecule has 0 saturated heterocycles. The first-order valence-electron chi connectivity index (χ1n) is 6.51. The Hall–Kier alpha value is -2.40. The van der Waals surface area contributed by atoms with Crippen LogP contribution in [0.5, 0.6) is 5.75 Å². The van der Waals surface area contributed by atoms with Crippen LogP contribution in [0, 0.1) is 6.92 Å². The van der Waals surface area contributed by atoms with Gasteiger partial charge in [0.05, 0.1) is 19.3 Å². The molecule has 110 valence electrons. The maximum Gasteiger partial charge on any atom is 0.337 e. The van der Waals surface area contributed by atoms with Crippen LogP contribution in [-0.2, 0) is 18.0 Å². The molecule has 0 bridgehead atoms. The molecule has 21 heavy (non-hydrogen) atoms. The van der Waals surface area contributed by atoms with Gasteiger partial charge in [0.2, 0.25) is 0 Å². The van der Waals surface area contributed by atoms with Crippen molar-refractivity contribution >= 4 is 5.97 Å². The van der Waals surface area contributed by atoms with Gasteiger partial charge in [-0.1, -0.05) is 12.1 Å². The highest BCUT2D eigenvalue weighted by Gasteiger charge is 2.07. The molecule has 0 amide bonds. The summed E-state index contributed by atoms with van der Waals surface area (Å²) in [5, 5.41) is 9.27. The number of aryl methyl sites for hydroxylation is 1. The maximum atomic E-state index is 11.3. The highest BCUT2D eigenvalue weighted by molar-refractivity contribution is 5.89. The number of carbonyl (C=O) groups is 1. The average molecular weight is 287 g/mol. The maximum absolute atomic E-state index is 11.3. The van der Waals surface area contributed by atoms with Crippen molar-refractivity contribution in [3.63, 3.8) is 0 Å². The Morgan fingerprint density at radius 3 is 2.52 bits per heavy atom. The fourth-order valence-corrected chi connectivity index (χ4v) is 1.86. The minimum Gasteiger partial charge on any atom is -0.487 e. The first-order valence-corrected chi connectivity index (χ1v) is 6.51. The van der Waals surface area contributed by atoms with Crippen LogP contribution in [0.3, 0.4) is 0 Å². The van der Waals surface area contributed by atoms with Gasteiger partial charge in [0.1, 0.15) is 18.1 Å². The zero-order valence-corrected chi connectivity index (χ0v) is 12.0. The molecule has 0 fully saturated rings. The molecule has 1 N–H and O–H groups in total. The second kappa shape index (κ2) is 6.85. The lowest BCUT2D eigenvalue weighted by Crippen LogP contribution is -2.03. The first-order chi connectivity index (χ1) is 10.1. The summed E-state index contributed by atoms with van der Waals surface area (Å²) in [5.41, 5.74) is 2.75. The molecular formula is C16H17NO4. The van der Waals surface area contributed by atoms with Gasteiger partial charge in [-0.25, -0.2) is 4.79 Å². The van der Waals surface area contributed by atoms with Crippen molar-refractivity contribution in [3.05, 3.63) is 58.9 Å². The molecule has 1 heterocycles. The number of hydrogen-bond donors (Lipinski definition) is 1. The van der Waals surface area contributed by atoms with Gasteiger partial charge < -0.3 is 14.6 Å². The van der Waals surface area contributed by atoms with E-state index in [0.29, 0.717) is 23.6 Å². The first kappa shape index (κ1) is 15.0. The smallest absolute Gasteiger partial charge is 0.337 e. The van der Waals surface area contributed by atoms with E-state index in [1.54, 1.807) is 30.3 Å². The van der Waals surface area contributed by atoms with E-state index in [-0.39, 0.29) is 12.6 Å². The van der Waals surface area contributed by atoms with E-state index in [2.05, 4.69) is 9.72 Å². The highest BCUT2D eigenvalue weighted by Crippen LogP contribution is 2.18. The van der Waals surface area contributed by atoms with E-state index in [0.717, 1.165) is 11.3 Å². The highest BCUT2D eigenvalue weighted by atomic mass is 16.5. The second-order valence-corrected chi connectivity index (χ2v) is 4.53. The predicted octanol–water partition coefficient (Wildman–Crippen LogP) is 2.25. The van der Waals surface area contributed by atoms with E-state index in [1.807, 2.05) is 13.0 Å². The summed E-state index contributed by atoms with van der Waals surface area (Å²) in [5.74, 6) is 0.188. The monoisotopic (exact) mass is 287 g/mol. The Bertz CT molecular complexity index is 623. The largest absolute Gasteiger partial charge is 0.487 e. The van der Waals surface area contributed by atoms with Crippen LogP contribution in [0.4, 0.5) is 0 Å². The Morgan fingerprint density at radius 2 is 1.90 bits per heavy atom. The van der Waals surface area contributed by atoms with Crippen LogP contribution in [0.25, 0.3) is 0 Å². The van der Waals surface area contributed by atoms with Crippen molar-refractivity contribution < 1.29 is 19.4 Å². The van der Waals surface area contributed by atoms with E-state index >= 15 is 0 Å². The molecule has 0 atom stereocenters. The number of esters is 1. The molecule has 0 aliphatic rings. The number of nitrogens with zero attached hydrogens (tertiary/aromatic N) is 1. The quantitative estimate of drug-likeness (QED) is 0.854. The van der Waals surface area contributed by atoms with Gasteiger partial charge in [0.15, 0.2) is 0 Å². The molecule has 5 nitrogen and oxygen atoms in total. The Morgan fingerprint density at radius 1 is 1.19 bits per heavy atom. The van der Waals surface area contributed by atoms with Crippen molar-refractivity contribution in [2.75, 3.05) is 7.11 Å². The van der Waals surface area contributed by atoms with Crippen LogP contribution in [0.15, 0.2) is 36.4 Å².